The topological polar surface area (TPSA) is 41.9 Å². The fourth-order valence-electron chi connectivity index (χ4n) is 8.11. The lowest BCUT2D eigenvalue weighted by Gasteiger charge is -2.45. The fraction of sp³-hybridized carbons (Fsp3) is 0.0217. The van der Waals surface area contributed by atoms with E-state index >= 15 is 0 Å². The van der Waals surface area contributed by atoms with Gasteiger partial charge in [0.1, 0.15) is 0 Å². The van der Waals surface area contributed by atoms with Crippen molar-refractivity contribution in [2.45, 2.75) is 5.41 Å². The summed E-state index contributed by atoms with van der Waals surface area (Å²) >= 11 is 0. The van der Waals surface area contributed by atoms with Crippen molar-refractivity contribution in [3.8, 4) is 45.3 Å². The molecular formula is C46H30N4. The zero-order valence-electron chi connectivity index (χ0n) is 27.1. The van der Waals surface area contributed by atoms with Crippen molar-refractivity contribution in [2.24, 2.45) is 0 Å². The maximum atomic E-state index is 5.15. The fourth-order valence-corrected chi connectivity index (χ4v) is 8.11. The van der Waals surface area contributed by atoms with Gasteiger partial charge in [-0.25, -0.2) is 15.0 Å². The van der Waals surface area contributed by atoms with Crippen LogP contribution in [-0.4, -0.2) is 15.0 Å². The van der Waals surface area contributed by atoms with Crippen molar-refractivity contribution in [2.75, 3.05) is 4.90 Å². The van der Waals surface area contributed by atoms with Crippen molar-refractivity contribution in [1.29, 1.82) is 0 Å². The Morgan fingerprint density at radius 3 is 1.16 bits per heavy atom. The van der Waals surface area contributed by atoms with Crippen molar-refractivity contribution in [3.05, 3.63) is 204 Å². The number of para-hydroxylation sites is 3. The van der Waals surface area contributed by atoms with Gasteiger partial charge in [-0.05, 0) is 57.6 Å². The van der Waals surface area contributed by atoms with Crippen LogP contribution < -0.4 is 4.90 Å². The third kappa shape index (κ3) is 4.09. The highest BCUT2D eigenvalue weighted by Crippen LogP contribution is 2.63. The van der Waals surface area contributed by atoms with E-state index in [0.717, 1.165) is 33.8 Å². The molecule has 7 aromatic carbocycles. The van der Waals surface area contributed by atoms with Crippen LogP contribution in [0.3, 0.4) is 0 Å². The Balaban J connectivity index is 1.24. The number of hydrogen-bond donors (Lipinski definition) is 0. The summed E-state index contributed by atoms with van der Waals surface area (Å²) in [6, 6.07) is 64.4. The van der Waals surface area contributed by atoms with Crippen LogP contribution in [0.4, 0.5) is 17.1 Å². The normalized spacial score (nSPS) is 13.3. The molecule has 0 unspecified atom stereocenters. The van der Waals surface area contributed by atoms with Crippen LogP contribution in [0, 0.1) is 0 Å². The molecule has 1 aliphatic carbocycles. The van der Waals surface area contributed by atoms with Gasteiger partial charge in [-0.2, -0.15) is 0 Å². The predicted octanol–water partition coefficient (Wildman–Crippen LogP) is 11.0. The molecule has 0 atom stereocenters. The Kier molecular flexibility index (Phi) is 6.36. The first-order valence-corrected chi connectivity index (χ1v) is 17.0. The summed E-state index contributed by atoms with van der Waals surface area (Å²) in [5, 5.41) is 0. The Bertz CT molecular complexity index is 2410. The van der Waals surface area contributed by atoms with Gasteiger partial charge in [0.05, 0.1) is 22.5 Å². The quantitative estimate of drug-likeness (QED) is 0.192. The van der Waals surface area contributed by atoms with Gasteiger partial charge in [-0.3, -0.25) is 0 Å². The predicted molar refractivity (Wildman–Crippen MR) is 202 cm³/mol. The summed E-state index contributed by atoms with van der Waals surface area (Å²) < 4.78 is 0. The van der Waals surface area contributed by atoms with Crippen molar-refractivity contribution < 1.29 is 0 Å². The number of rotatable bonds is 4. The molecule has 0 radical (unpaired) electrons. The van der Waals surface area contributed by atoms with Gasteiger partial charge >= 0.3 is 0 Å². The summed E-state index contributed by atoms with van der Waals surface area (Å²) in [5.41, 5.74) is 13.3. The molecular weight excluding hydrogens is 609 g/mol. The van der Waals surface area contributed by atoms with Gasteiger partial charge in [0.15, 0.2) is 17.5 Å². The number of fused-ring (bicyclic) bond motifs is 9. The minimum absolute atomic E-state index is 0.472. The van der Waals surface area contributed by atoms with Crippen molar-refractivity contribution in [3.63, 3.8) is 0 Å². The summed E-state index contributed by atoms with van der Waals surface area (Å²) in [5.74, 6) is 1.91. The molecule has 8 aromatic rings. The molecule has 2 aliphatic rings. The minimum Gasteiger partial charge on any atom is -0.309 e. The van der Waals surface area contributed by atoms with Gasteiger partial charge in [-0.1, -0.05) is 158 Å². The monoisotopic (exact) mass is 638 g/mol. The van der Waals surface area contributed by atoms with Gasteiger partial charge in [-0.15, -0.1) is 0 Å². The van der Waals surface area contributed by atoms with Gasteiger partial charge < -0.3 is 4.90 Å². The Hall–Kier alpha value is -6.65. The molecule has 0 amide bonds. The van der Waals surface area contributed by atoms with Gasteiger partial charge in [0.25, 0.3) is 0 Å². The lowest BCUT2D eigenvalue weighted by molar-refractivity contribution is 0.752. The first kappa shape index (κ1) is 28.4. The highest BCUT2D eigenvalue weighted by atomic mass is 15.2. The molecule has 0 N–H and O–H groups in total. The van der Waals surface area contributed by atoms with Gasteiger partial charge in [0.2, 0.25) is 0 Å². The zero-order valence-corrected chi connectivity index (χ0v) is 27.1. The van der Waals surface area contributed by atoms with Crippen LogP contribution in [0.25, 0.3) is 45.3 Å². The highest BCUT2D eigenvalue weighted by Gasteiger charge is 2.51. The second-order valence-electron chi connectivity index (χ2n) is 12.8. The molecule has 1 spiro atoms. The van der Waals surface area contributed by atoms with Gasteiger partial charge in [0, 0.05) is 16.7 Å². The Morgan fingerprint density at radius 1 is 0.300 bits per heavy atom. The van der Waals surface area contributed by atoms with E-state index in [1.165, 1.54) is 33.4 Å². The van der Waals surface area contributed by atoms with E-state index in [-0.39, 0.29) is 0 Å². The third-order valence-corrected chi connectivity index (χ3v) is 10.1. The first-order chi connectivity index (χ1) is 24.8. The lowest BCUT2D eigenvalue weighted by Crippen LogP contribution is -2.36. The molecule has 4 nitrogen and oxygen atoms in total. The Labute approximate surface area is 291 Å². The third-order valence-electron chi connectivity index (χ3n) is 10.1. The van der Waals surface area contributed by atoms with Crippen LogP contribution in [0.1, 0.15) is 22.3 Å². The summed E-state index contributed by atoms with van der Waals surface area (Å²) in [4.78, 5) is 17.7. The van der Waals surface area contributed by atoms with Crippen LogP contribution in [0.5, 0.6) is 0 Å². The smallest absolute Gasteiger partial charge is 0.166 e. The van der Waals surface area contributed by atoms with Crippen molar-refractivity contribution in [1.82, 2.24) is 15.0 Å². The lowest BCUT2D eigenvalue weighted by atomic mass is 9.64. The number of hydrogen-bond acceptors (Lipinski definition) is 4. The van der Waals surface area contributed by atoms with Crippen LogP contribution in [0.15, 0.2) is 182 Å². The largest absolute Gasteiger partial charge is 0.309 e. The first-order valence-electron chi connectivity index (χ1n) is 17.0. The van der Waals surface area contributed by atoms with E-state index in [1.807, 2.05) is 60.7 Å². The summed E-state index contributed by atoms with van der Waals surface area (Å²) in [6.45, 7) is 0. The zero-order chi connectivity index (χ0) is 33.1. The molecule has 10 rings (SSSR count). The molecule has 1 aliphatic heterocycles. The van der Waals surface area contributed by atoms with Crippen LogP contribution >= 0.6 is 0 Å². The van der Waals surface area contributed by atoms with E-state index < -0.39 is 5.41 Å². The molecule has 0 saturated carbocycles. The van der Waals surface area contributed by atoms with E-state index in [9.17, 15) is 0 Å². The number of benzene rings is 7. The minimum atomic E-state index is -0.472. The maximum absolute atomic E-state index is 5.15. The molecule has 2 heterocycles. The molecule has 0 saturated heterocycles. The SMILES string of the molecule is c1ccc(-c2nc(-c3ccccc3)nc(-c3ccccc3N3c4ccccc4C4(c5ccccc5-c5ccccc54)c4ccccc43)n2)cc1. The van der Waals surface area contributed by atoms with Crippen LogP contribution in [-0.2, 0) is 5.41 Å². The molecule has 234 valence electrons. The molecule has 4 heteroatoms. The van der Waals surface area contributed by atoms with E-state index in [1.54, 1.807) is 0 Å². The summed E-state index contributed by atoms with van der Waals surface area (Å²) in [7, 11) is 0. The Morgan fingerprint density at radius 2 is 0.660 bits per heavy atom. The van der Waals surface area contributed by atoms with E-state index in [4.69, 9.17) is 15.0 Å². The number of anilines is 3. The molecule has 1 aromatic heterocycles. The summed E-state index contributed by atoms with van der Waals surface area (Å²) in [6.07, 6.45) is 0. The highest BCUT2D eigenvalue weighted by molar-refractivity contribution is 5.97. The second-order valence-corrected chi connectivity index (χ2v) is 12.8. The molecule has 0 fully saturated rings. The average molecular weight is 639 g/mol. The van der Waals surface area contributed by atoms with E-state index in [2.05, 4.69) is 126 Å². The molecule has 0 bridgehead atoms. The average Bonchev–Trinajstić information content (AvgIpc) is 3.49. The van der Waals surface area contributed by atoms with Crippen LogP contribution in [0.2, 0.25) is 0 Å². The van der Waals surface area contributed by atoms with E-state index in [0.29, 0.717) is 17.5 Å². The standard InChI is InChI=1S/C46H30N4/c1-3-17-31(18-4-1)43-47-44(32-19-5-2-6-20-32)49-45(48-43)35-23-9-14-28-40(35)50-41-29-15-12-26-38(41)46(39-27-13-16-30-42(39)50)36-24-10-7-21-33(36)34-22-8-11-25-37(34)46/h1-30H. The number of nitrogens with zero attached hydrogens (tertiary/aromatic N) is 4. The maximum Gasteiger partial charge on any atom is 0.166 e. The van der Waals surface area contributed by atoms with Crippen molar-refractivity contribution >= 4 is 17.1 Å². The number of aromatic nitrogens is 3. The molecule has 50 heavy (non-hydrogen) atoms. The second kappa shape index (κ2) is 11.2.